The molecule has 136 valence electrons. The molecule has 6 rings (SSSR count). The summed E-state index contributed by atoms with van der Waals surface area (Å²) in [6, 6.07) is 18.1. The third-order valence-corrected chi connectivity index (χ3v) is 6.87. The Morgan fingerprint density at radius 1 is 0.741 bits per heavy atom. The highest BCUT2D eigenvalue weighted by Crippen LogP contribution is 2.54. The van der Waals surface area contributed by atoms with Crippen molar-refractivity contribution in [1.29, 1.82) is 0 Å². The zero-order valence-corrected chi connectivity index (χ0v) is 15.9. The summed E-state index contributed by atoms with van der Waals surface area (Å²) >= 11 is 0. The molecule has 2 nitrogen and oxygen atoms in total. The van der Waals surface area contributed by atoms with Crippen LogP contribution in [-0.2, 0) is 4.74 Å². The molecule has 27 heavy (non-hydrogen) atoms. The Hall–Kier alpha value is -2.16. The fraction of sp³-hybridized carbons (Fsp3) is 0.360. The van der Waals surface area contributed by atoms with E-state index in [-0.39, 0.29) is 12.2 Å². The van der Waals surface area contributed by atoms with Crippen molar-refractivity contribution in [3.8, 4) is 0 Å². The normalized spacial score (nSPS) is 26.7. The fourth-order valence-electron chi connectivity index (χ4n) is 5.58. The molecule has 0 amide bonds. The van der Waals surface area contributed by atoms with E-state index in [0.717, 1.165) is 25.9 Å². The van der Waals surface area contributed by atoms with Crippen LogP contribution in [0.3, 0.4) is 0 Å². The molecule has 0 saturated carbocycles. The molecule has 0 spiro atoms. The Morgan fingerprint density at radius 3 is 1.74 bits per heavy atom. The topological polar surface area (TPSA) is 12.5 Å². The molecule has 2 bridgehead atoms. The van der Waals surface area contributed by atoms with E-state index >= 15 is 0 Å². The van der Waals surface area contributed by atoms with Crippen LogP contribution < -0.4 is 0 Å². The number of rotatable bonds is 0. The fourth-order valence-corrected chi connectivity index (χ4v) is 5.58. The Bertz CT molecular complexity index is 923. The van der Waals surface area contributed by atoms with Crippen LogP contribution in [0.5, 0.6) is 0 Å². The van der Waals surface area contributed by atoms with E-state index in [0.29, 0.717) is 0 Å². The van der Waals surface area contributed by atoms with Crippen molar-refractivity contribution >= 4 is 16.7 Å². The van der Waals surface area contributed by atoms with E-state index in [9.17, 15) is 0 Å². The van der Waals surface area contributed by atoms with Gasteiger partial charge in [0.05, 0.1) is 12.2 Å². The van der Waals surface area contributed by atoms with Gasteiger partial charge in [0.1, 0.15) is 0 Å². The van der Waals surface area contributed by atoms with Gasteiger partial charge in [-0.2, -0.15) is 0 Å². The Morgan fingerprint density at radius 2 is 1.22 bits per heavy atom. The van der Waals surface area contributed by atoms with Gasteiger partial charge in [-0.1, -0.05) is 54.1 Å². The van der Waals surface area contributed by atoms with E-state index in [2.05, 4.69) is 60.5 Å². The number of piperidine rings is 1. The first-order valence-electron chi connectivity index (χ1n) is 10.3. The van der Waals surface area contributed by atoms with Crippen LogP contribution in [-0.4, -0.2) is 37.2 Å². The zero-order valence-electron chi connectivity index (χ0n) is 15.9. The molecule has 4 aliphatic rings. The Balaban J connectivity index is 1.68. The summed E-state index contributed by atoms with van der Waals surface area (Å²) in [5.41, 5.74) is 11.7. The van der Waals surface area contributed by atoms with Crippen molar-refractivity contribution in [2.75, 3.05) is 20.1 Å². The molecule has 3 aliphatic heterocycles. The molecule has 0 radical (unpaired) electrons. The summed E-state index contributed by atoms with van der Waals surface area (Å²) < 4.78 is 6.39. The second-order valence-corrected chi connectivity index (χ2v) is 8.39. The molecule has 3 heterocycles. The summed E-state index contributed by atoms with van der Waals surface area (Å²) in [4.78, 5) is 2.45. The first-order chi connectivity index (χ1) is 13.3. The number of nitrogens with zero attached hydrogens (tertiary/aromatic N) is 1. The smallest absolute Gasteiger partial charge is 0.0844 e. The maximum Gasteiger partial charge on any atom is 0.0844 e. The number of hydrogen-bond donors (Lipinski definition) is 0. The summed E-state index contributed by atoms with van der Waals surface area (Å²) in [5, 5.41) is 0. The van der Waals surface area contributed by atoms with Gasteiger partial charge in [0, 0.05) is 13.1 Å². The summed E-state index contributed by atoms with van der Waals surface area (Å²) in [6.45, 7) is 2.31. The van der Waals surface area contributed by atoms with Crippen LogP contribution >= 0.6 is 0 Å². The summed E-state index contributed by atoms with van der Waals surface area (Å²) in [5.74, 6) is 0. The Kier molecular flexibility index (Phi) is 3.48. The standard InChI is InChI=1S/C25H25NO/c1-26-14-12-16(13-15-26)23-17-6-2-4-8-19(17)24-21-10-11-22(27-21)25(24)20-9-5-3-7-18(20)23/h2-9,21-22H,10-15H2,1H3. The van der Waals surface area contributed by atoms with Gasteiger partial charge in [0.25, 0.3) is 0 Å². The van der Waals surface area contributed by atoms with Gasteiger partial charge in [-0.25, -0.2) is 0 Å². The van der Waals surface area contributed by atoms with Crippen molar-refractivity contribution in [2.45, 2.75) is 37.9 Å². The lowest BCUT2D eigenvalue weighted by Crippen LogP contribution is -2.27. The van der Waals surface area contributed by atoms with Gasteiger partial charge in [-0.3, -0.25) is 0 Å². The largest absolute Gasteiger partial charge is 0.366 e. The third kappa shape index (κ3) is 2.27. The summed E-state index contributed by atoms with van der Waals surface area (Å²) in [7, 11) is 2.24. The van der Waals surface area contributed by atoms with Crippen LogP contribution in [0.1, 0.15) is 47.9 Å². The van der Waals surface area contributed by atoms with E-state index in [4.69, 9.17) is 4.74 Å². The number of benzene rings is 2. The summed E-state index contributed by atoms with van der Waals surface area (Å²) in [6.07, 6.45) is 5.22. The average molecular weight is 355 g/mol. The monoisotopic (exact) mass is 355 g/mol. The predicted molar refractivity (Wildman–Crippen MR) is 110 cm³/mol. The van der Waals surface area contributed by atoms with Crippen molar-refractivity contribution in [3.05, 3.63) is 76.4 Å². The molecule has 0 aromatic heterocycles. The number of ether oxygens (including phenoxy) is 1. The highest BCUT2D eigenvalue weighted by molar-refractivity contribution is 6.07. The highest BCUT2D eigenvalue weighted by Gasteiger charge is 2.44. The van der Waals surface area contributed by atoms with Gasteiger partial charge in [0.15, 0.2) is 0 Å². The molecule has 2 fully saturated rings. The van der Waals surface area contributed by atoms with Crippen molar-refractivity contribution in [1.82, 2.24) is 4.90 Å². The Labute approximate surface area is 161 Å². The van der Waals surface area contributed by atoms with E-state index in [1.807, 2.05) is 0 Å². The molecule has 2 unspecified atom stereocenters. The molecule has 2 atom stereocenters. The minimum atomic E-state index is 0.279. The lowest BCUT2D eigenvalue weighted by atomic mass is 9.84. The van der Waals surface area contributed by atoms with Gasteiger partial charge >= 0.3 is 0 Å². The lowest BCUT2D eigenvalue weighted by molar-refractivity contribution is 0.128. The van der Waals surface area contributed by atoms with Crippen LogP contribution in [0.25, 0.3) is 16.7 Å². The van der Waals surface area contributed by atoms with Gasteiger partial charge in [-0.15, -0.1) is 0 Å². The van der Waals surface area contributed by atoms with Gasteiger partial charge < -0.3 is 9.64 Å². The number of hydrogen-bond acceptors (Lipinski definition) is 2. The van der Waals surface area contributed by atoms with Crippen LogP contribution in [0.15, 0.2) is 54.1 Å². The van der Waals surface area contributed by atoms with Crippen molar-refractivity contribution in [2.24, 2.45) is 0 Å². The van der Waals surface area contributed by atoms with Crippen LogP contribution in [0, 0.1) is 0 Å². The predicted octanol–water partition coefficient (Wildman–Crippen LogP) is 5.00. The molecule has 2 saturated heterocycles. The second kappa shape index (κ2) is 5.92. The molecule has 2 heteroatoms. The van der Waals surface area contributed by atoms with Gasteiger partial charge in [0.2, 0.25) is 0 Å². The van der Waals surface area contributed by atoms with E-state index in [1.165, 1.54) is 51.8 Å². The molecule has 2 aromatic rings. The number of likely N-dealkylation sites (tertiary alicyclic amines) is 1. The minimum absolute atomic E-state index is 0.279. The molecule has 0 N–H and O–H groups in total. The maximum atomic E-state index is 6.39. The van der Waals surface area contributed by atoms with Crippen LogP contribution in [0.2, 0.25) is 0 Å². The van der Waals surface area contributed by atoms with E-state index in [1.54, 1.807) is 5.57 Å². The van der Waals surface area contributed by atoms with Crippen molar-refractivity contribution in [3.63, 3.8) is 0 Å². The molecule has 1 aliphatic carbocycles. The molecule has 2 aromatic carbocycles. The van der Waals surface area contributed by atoms with Crippen LogP contribution in [0.4, 0.5) is 0 Å². The second-order valence-electron chi connectivity index (χ2n) is 8.39. The third-order valence-electron chi connectivity index (χ3n) is 6.87. The zero-order chi connectivity index (χ0) is 18.0. The highest BCUT2D eigenvalue weighted by atomic mass is 16.5. The first-order valence-corrected chi connectivity index (χ1v) is 10.3. The lowest BCUT2D eigenvalue weighted by Gasteiger charge is -2.28. The molecular weight excluding hydrogens is 330 g/mol. The average Bonchev–Trinajstić information content (AvgIpc) is 3.29. The minimum Gasteiger partial charge on any atom is -0.366 e. The van der Waals surface area contributed by atoms with E-state index < -0.39 is 0 Å². The van der Waals surface area contributed by atoms with Gasteiger partial charge in [-0.05, 0) is 71.7 Å². The number of fused-ring (bicyclic) bond motifs is 8. The quantitative estimate of drug-likeness (QED) is 0.659. The molecular formula is C25H25NO. The maximum absolute atomic E-state index is 6.39. The SMILES string of the molecule is CN1CCC(=C2c3ccccc3C3=C(c4ccccc42)C2CCC3O2)CC1. The first kappa shape index (κ1) is 15.9. The van der Waals surface area contributed by atoms with Crippen molar-refractivity contribution < 1.29 is 4.74 Å².